The second-order valence-corrected chi connectivity index (χ2v) is 11.3. The Labute approximate surface area is 175 Å². The van der Waals surface area contributed by atoms with E-state index in [1.54, 1.807) is 32.9 Å². The maximum absolute atomic E-state index is 13.2. The summed E-state index contributed by atoms with van der Waals surface area (Å²) in [6, 6.07) is 7.28. The van der Waals surface area contributed by atoms with Gasteiger partial charge in [-0.15, -0.1) is 0 Å². The van der Waals surface area contributed by atoms with E-state index in [9.17, 15) is 23.3 Å². The first-order valence-electron chi connectivity index (χ1n) is 9.44. The van der Waals surface area contributed by atoms with Crippen LogP contribution in [0.2, 0.25) is 5.02 Å². The molecule has 0 unspecified atom stereocenters. The molecule has 2 aliphatic rings. The van der Waals surface area contributed by atoms with Crippen molar-refractivity contribution in [3.05, 3.63) is 29.3 Å². The number of carbonyl (C=O) groups excluding carboxylic acids is 2. The fraction of sp³-hybridized carbons (Fsp3) is 0.550. The summed E-state index contributed by atoms with van der Waals surface area (Å²) in [5, 5.41) is 11.1. The molecule has 156 valence electrons. The van der Waals surface area contributed by atoms with Crippen molar-refractivity contribution >= 4 is 33.3 Å². The monoisotopic (exact) mass is 437 g/mol. The summed E-state index contributed by atoms with van der Waals surface area (Å²) in [5.74, 6) is -0.796. The standard InChI is InChI=1S/C20H24ClN3O4S/c1-19(2,3)18(26)24-11-13(29(27,28)16-7-5-4-6-14(16)21)10-15(24)17(25)23-20(12-22)8-9-20/h4-7,13,15H,8-11H2,1-3H3,(H,23,25)/t13-,15+/m1/s1. The zero-order valence-corrected chi connectivity index (χ0v) is 18.2. The first-order chi connectivity index (χ1) is 13.4. The molecule has 2 amide bonds. The Balaban J connectivity index is 1.92. The summed E-state index contributed by atoms with van der Waals surface area (Å²) in [4.78, 5) is 27.2. The van der Waals surface area contributed by atoms with Crippen molar-refractivity contribution in [1.29, 1.82) is 5.26 Å². The van der Waals surface area contributed by atoms with Gasteiger partial charge in [0.05, 0.1) is 21.2 Å². The summed E-state index contributed by atoms with van der Waals surface area (Å²) in [5.41, 5.74) is -1.68. The van der Waals surface area contributed by atoms with Crippen molar-refractivity contribution in [3.63, 3.8) is 0 Å². The molecule has 7 nitrogen and oxygen atoms in total. The van der Waals surface area contributed by atoms with Gasteiger partial charge in [0.15, 0.2) is 9.84 Å². The van der Waals surface area contributed by atoms with Crippen LogP contribution in [-0.4, -0.2) is 48.5 Å². The van der Waals surface area contributed by atoms with E-state index in [4.69, 9.17) is 11.6 Å². The van der Waals surface area contributed by atoms with Crippen molar-refractivity contribution in [2.75, 3.05) is 6.54 Å². The van der Waals surface area contributed by atoms with Gasteiger partial charge in [-0.05, 0) is 31.4 Å². The highest BCUT2D eigenvalue weighted by Gasteiger charge is 2.51. The number of sulfone groups is 1. The van der Waals surface area contributed by atoms with Gasteiger partial charge < -0.3 is 10.2 Å². The number of nitriles is 1. The van der Waals surface area contributed by atoms with Crippen LogP contribution in [0.15, 0.2) is 29.2 Å². The minimum Gasteiger partial charge on any atom is -0.336 e. The molecule has 2 fully saturated rings. The lowest BCUT2D eigenvalue weighted by molar-refractivity contribution is -0.144. The number of carbonyl (C=O) groups is 2. The fourth-order valence-electron chi connectivity index (χ4n) is 3.49. The quantitative estimate of drug-likeness (QED) is 0.777. The SMILES string of the molecule is CC(C)(C)C(=O)N1C[C@H](S(=O)(=O)c2ccccc2Cl)C[C@H]1C(=O)NC1(C#N)CC1. The number of nitrogens with one attached hydrogen (secondary N) is 1. The van der Waals surface area contributed by atoms with Gasteiger partial charge in [-0.3, -0.25) is 9.59 Å². The van der Waals surface area contributed by atoms with Crippen LogP contribution < -0.4 is 5.32 Å². The highest BCUT2D eigenvalue weighted by molar-refractivity contribution is 7.92. The third-order valence-corrected chi connectivity index (χ3v) is 8.01. The summed E-state index contributed by atoms with van der Waals surface area (Å²) < 4.78 is 26.4. The molecular formula is C20H24ClN3O4S. The largest absolute Gasteiger partial charge is 0.336 e. The number of likely N-dealkylation sites (tertiary alicyclic amines) is 1. The Hall–Kier alpha value is -2.11. The maximum atomic E-state index is 13.2. The van der Waals surface area contributed by atoms with Crippen LogP contribution in [0.1, 0.15) is 40.0 Å². The van der Waals surface area contributed by atoms with Gasteiger partial charge in [0, 0.05) is 12.0 Å². The molecule has 1 aromatic carbocycles. The van der Waals surface area contributed by atoms with E-state index < -0.39 is 38.0 Å². The highest BCUT2D eigenvalue weighted by Crippen LogP contribution is 2.37. The lowest BCUT2D eigenvalue weighted by Gasteiger charge is -2.30. The van der Waals surface area contributed by atoms with Crippen LogP contribution in [0, 0.1) is 16.7 Å². The van der Waals surface area contributed by atoms with Gasteiger partial charge in [0.1, 0.15) is 11.6 Å². The van der Waals surface area contributed by atoms with Crippen molar-refractivity contribution in [2.45, 2.75) is 61.8 Å². The minimum atomic E-state index is -3.85. The number of hydrogen-bond donors (Lipinski definition) is 1. The molecule has 0 radical (unpaired) electrons. The lowest BCUT2D eigenvalue weighted by atomic mass is 9.94. The number of amides is 2. The maximum Gasteiger partial charge on any atom is 0.244 e. The smallest absolute Gasteiger partial charge is 0.244 e. The number of benzene rings is 1. The number of rotatable bonds is 4. The van der Waals surface area contributed by atoms with Crippen molar-refractivity contribution < 1.29 is 18.0 Å². The van der Waals surface area contributed by atoms with Crippen LogP contribution >= 0.6 is 11.6 Å². The predicted octanol–water partition coefficient (Wildman–Crippen LogP) is 2.30. The summed E-state index contributed by atoms with van der Waals surface area (Å²) in [7, 11) is -3.85. The van der Waals surface area contributed by atoms with E-state index in [2.05, 4.69) is 11.4 Å². The Morgan fingerprint density at radius 1 is 1.28 bits per heavy atom. The highest BCUT2D eigenvalue weighted by atomic mass is 35.5. The molecule has 0 spiro atoms. The molecular weight excluding hydrogens is 414 g/mol. The average molecular weight is 438 g/mol. The molecule has 1 heterocycles. The molecule has 0 bridgehead atoms. The molecule has 1 aliphatic carbocycles. The van der Waals surface area contributed by atoms with Gasteiger partial charge in [-0.25, -0.2) is 8.42 Å². The van der Waals surface area contributed by atoms with Crippen molar-refractivity contribution in [1.82, 2.24) is 10.2 Å². The molecule has 1 N–H and O–H groups in total. The summed E-state index contributed by atoms with van der Waals surface area (Å²) in [6.45, 7) is 5.06. The van der Waals surface area contributed by atoms with Crippen LogP contribution in [-0.2, 0) is 19.4 Å². The van der Waals surface area contributed by atoms with E-state index in [0.29, 0.717) is 12.8 Å². The predicted molar refractivity (Wildman–Crippen MR) is 108 cm³/mol. The van der Waals surface area contributed by atoms with E-state index >= 15 is 0 Å². The summed E-state index contributed by atoms with van der Waals surface area (Å²) >= 11 is 6.10. The molecule has 1 aromatic rings. The van der Waals surface area contributed by atoms with Gasteiger partial charge in [0.25, 0.3) is 0 Å². The van der Waals surface area contributed by atoms with Gasteiger partial charge in [0.2, 0.25) is 11.8 Å². The van der Waals surface area contributed by atoms with Crippen LogP contribution in [0.3, 0.4) is 0 Å². The fourth-order valence-corrected chi connectivity index (χ4v) is 5.71. The second-order valence-electron chi connectivity index (χ2n) is 8.74. The molecule has 2 atom stereocenters. The molecule has 1 saturated heterocycles. The Morgan fingerprint density at radius 2 is 1.90 bits per heavy atom. The molecule has 1 aliphatic heterocycles. The van der Waals surface area contributed by atoms with E-state index in [0.717, 1.165) is 0 Å². The normalized spacial score (nSPS) is 23.3. The first kappa shape index (κ1) is 21.6. The summed E-state index contributed by atoms with van der Waals surface area (Å²) in [6.07, 6.45) is 1.07. The molecule has 9 heteroatoms. The third-order valence-electron chi connectivity index (χ3n) is 5.38. The topological polar surface area (TPSA) is 107 Å². The number of hydrogen-bond acceptors (Lipinski definition) is 5. The number of nitrogens with zero attached hydrogens (tertiary/aromatic N) is 2. The molecule has 0 aromatic heterocycles. The first-order valence-corrected chi connectivity index (χ1v) is 11.4. The Kier molecular flexibility index (Phi) is 5.43. The van der Waals surface area contributed by atoms with Crippen molar-refractivity contribution in [2.24, 2.45) is 5.41 Å². The Bertz CT molecular complexity index is 990. The van der Waals surface area contributed by atoms with Gasteiger partial charge >= 0.3 is 0 Å². The van der Waals surface area contributed by atoms with Crippen molar-refractivity contribution in [3.8, 4) is 6.07 Å². The van der Waals surface area contributed by atoms with E-state index in [-0.39, 0.29) is 28.8 Å². The average Bonchev–Trinajstić information content (AvgIpc) is 3.26. The van der Waals surface area contributed by atoms with Gasteiger partial charge in [-0.2, -0.15) is 5.26 Å². The molecule has 3 rings (SSSR count). The Morgan fingerprint density at radius 3 is 2.41 bits per heavy atom. The lowest BCUT2D eigenvalue weighted by Crippen LogP contribution is -2.51. The second kappa shape index (κ2) is 7.29. The minimum absolute atomic E-state index is 0.00781. The van der Waals surface area contributed by atoms with Gasteiger partial charge in [-0.1, -0.05) is 44.5 Å². The van der Waals surface area contributed by atoms with Crippen LogP contribution in [0.4, 0.5) is 0 Å². The third kappa shape index (κ3) is 4.12. The molecule has 1 saturated carbocycles. The van der Waals surface area contributed by atoms with E-state index in [1.165, 1.54) is 17.0 Å². The van der Waals surface area contributed by atoms with Crippen LogP contribution in [0.25, 0.3) is 0 Å². The molecule has 29 heavy (non-hydrogen) atoms. The number of halogens is 1. The zero-order valence-electron chi connectivity index (χ0n) is 16.6. The zero-order chi connectivity index (χ0) is 21.6. The van der Waals surface area contributed by atoms with E-state index in [1.807, 2.05) is 0 Å². The van der Waals surface area contributed by atoms with Crippen LogP contribution in [0.5, 0.6) is 0 Å².